The van der Waals surface area contributed by atoms with E-state index in [4.69, 9.17) is 9.47 Å². The van der Waals surface area contributed by atoms with Gasteiger partial charge < -0.3 is 14.4 Å². The van der Waals surface area contributed by atoms with E-state index in [2.05, 4.69) is 0 Å². The number of rotatable bonds is 7. The molecule has 0 aromatic heterocycles. The van der Waals surface area contributed by atoms with Gasteiger partial charge in [0.1, 0.15) is 11.9 Å². The molecule has 1 aliphatic rings. The minimum absolute atomic E-state index is 0.0830. The lowest BCUT2D eigenvalue weighted by Gasteiger charge is -2.31. The number of ether oxygens (including phenoxy) is 2. The predicted molar refractivity (Wildman–Crippen MR) is 86.9 cm³/mol. The molecule has 1 amide bonds. The third-order valence-corrected chi connectivity index (χ3v) is 4.35. The van der Waals surface area contributed by atoms with Crippen LogP contribution in [0.15, 0.2) is 24.3 Å². The molecule has 1 saturated carbocycles. The Hall–Kier alpha value is -1.55. The zero-order chi connectivity index (χ0) is 15.9. The Bertz CT molecular complexity index is 483. The van der Waals surface area contributed by atoms with Crippen LogP contribution in [0, 0.1) is 0 Å². The molecule has 0 spiro atoms. The first-order valence-corrected chi connectivity index (χ1v) is 8.21. The first-order valence-electron chi connectivity index (χ1n) is 8.21. The van der Waals surface area contributed by atoms with Crippen molar-refractivity contribution >= 4 is 5.91 Å². The Morgan fingerprint density at radius 1 is 1.32 bits per heavy atom. The van der Waals surface area contributed by atoms with Crippen molar-refractivity contribution in [2.24, 2.45) is 0 Å². The SMILES string of the molecule is CCO[C@H](C)C(=O)N(Cc1ccccc1OC)C1CCCC1. The maximum Gasteiger partial charge on any atom is 0.251 e. The molecule has 1 fully saturated rings. The monoisotopic (exact) mass is 305 g/mol. The first-order chi connectivity index (χ1) is 10.7. The lowest BCUT2D eigenvalue weighted by molar-refractivity contribution is -0.145. The zero-order valence-corrected chi connectivity index (χ0v) is 13.9. The number of hydrogen-bond acceptors (Lipinski definition) is 3. The van der Waals surface area contributed by atoms with Crippen LogP contribution >= 0.6 is 0 Å². The highest BCUT2D eigenvalue weighted by Gasteiger charge is 2.30. The highest BCUT2D eigenvalue weighted by molar-refractivity contribution is 5.81. The smallest absolute Gasteiger partial charge is 0.251 e. The molecular weight excluding hydrogens is 278 g/mol. The van der Waals surface area contributed by atoms with E-state index < -0.39 is 0 Å². The number of amides is 1. The standard InChI is InChI=1S/C18H27NO3/c1-4-22-14(2)18(20)19(16-10-6-7-11-16)13-15-9-5-8-12-17(15)21-3/h5,8-9,12,14,16H,4,6-7,10-11,13H2,1-3H3/t14-/m1/s1. The number of methoxy groups -OCH3 is 1. The number of hydrogen-bond donors (Lipinski definition) is 0. The molecule has 1 atom stereocenters. The quantitative estimate of drug-likeness (QED) is 0.775. The van der Waals surface area contributed by atoms with Crippen molar-refractivity contribution in [3.8, 4) is 5.75 Å². The van der Waals surface area contributed by atoms with E-state index in [-0.39, 0.29) is 12.0 Å². The molecule has 122 valence electrons. The fourth-order valence-electron chi connectivity index (χ4n) is 3.17. The molecule has 4 heteroatoms. The number of carbonyl (C=O) groups excluding carboxylic acids is 1. The molecule has 0 unspecified atom stereocenters. The van der Waals surface area contributed by atoms with E-state index in [0.29, 0.717) is 19.2 Å². The summed E-state index contributed by atoms with van der Waals surface area (Å²) in [6.45, 7) is 4.91. The van der Waals surface area contributed by atoms with Crippen LogP contribution in [0.4, 0.5) is 0 Å². The van der Waals surface area contributed by atoms with E-state index >= 15 is 0 Å². The second-order valence-electron chi connectivity index (χ2n) is 5.81. The summed E-state index contributed by atoms with van der Waals surface area (Å²) >= 11 is 0. The topological polar surface area (TPSA) is 38.8 Å². The van der Waals surface area contributed by atoms with E-state index in [1.807, 2.05) is 43.0 Å². The van der Waals surface area contributed by atoms with Crippen molar-refractivity contribution in [1.29, 1.82) is 0 Å². The van der Waals surface area contributed by atoms with E-state index in [1.54, 1.807) is 7.11 Å². The number of carbonyl (C=O) groups is 1. The molecule has 0 saturated heterocycles. The average Bonchev–Trinajstić information content (AvgIpc) is 3.06. The normalized spacial score (nSPS) is 16.5. The second-order valence-corrected chi connectivity index (χ2v) is 5.81. The highest BCUT2D eigenvalue weighted by atomic mass is 16.5. The van der Waals surface area contributed by atoms with Crippen LogP contribution in [0.3, 0.4) is 0 Å². The Morgan fingerprint density at radius 2 is 2.00 bits per heavy atom. The van der Waals surface area contributed by atoms with Crippen LogP contribution in [0.5, 0.6) is 5.75 Å². The van der Waals surface area contributed by atoms with Gasteiger partial charge in [0, 0.05) is 24.8 Å². The fourth-order valence-corrected chi connectivity index (χ4v) is 3.17. The molecule has 0 radical (unpaired) electrons. The Kier molecular flexibility index (Phi) is 6.25. The van der Waals surface area contributed by atoms with Crippen molar-refractivity contribution in [2.45, 2.75) is 58.2 Å². The fraction of sp³-hybridized carbons (Fsp3) is 0.611. The molecule has 0 heterocycles. The second kappa shape index (κ2) is 8.18. The van der Waals surface area contributed by atoms with Crippen molar-refractivity contribution in [1.82, 2.24) is 4.90 Å². The molecule has 2 rings (SSSR count). The van der Waals surface area contributed by atoms with Gasteiger partial charge in [-0.15, -0.1) is 0 Å². The van der Waals surface area contributed by atoms with E-state index in [9.17, 15) is 4.79 Å². The van der Waals surface area contributed by atoms with E-state index in [1.165, 1.54) is 12.8 Å². The van der Waals surface area contributed by atoms with Crippen LogP contribution in [0.1, 0.15) is 45.1 Å². The summed E-state index contributed by atoms with van der Waals surface area (Å²) in [5, 5.41) is 0. The van der Waals surface area contributed by atoms with Gasteiger partial charge in [-0.1, -0.05) is 31.0 Å². The molecule has 0 N–H and O–H groups in total. The summed E-state index contributed by atoms with van der Waals surface area (Å²) in [5.41, 5.74) is 1.05. The van der Waals surface area contributed by atoms with Gasteiger partial charge >= 0.3 is 0 Å². The van der Waals surface area contributed by atoms with Crippen molar-refractivity contribution in [2.75, 3.05) is 13.7 Å². The molecule has 22 heavy (non-hydrogen) atoms. The largest absolute Gasteiger partial charge is 0.496 e. The van der Waals surface area contributed by atoms with Gasteiger partial charge in [-0.05, 0) is 32.8 Å². The highest BCUT2D eigenvalue weighted by Crippen LogP contribution is 2.28. The van der Waals surface area contributed by atoms with Gasteiger partial charge in [0.15, 0.2) is 0 Å². The average molecular weight is 305 g/mol. The third-order valence-electron chi connectivity index (χ3n) is 4.35. The minimum Gasteiger partial charge on any atom is -0.496 e. The summed E-state index contributed by atoms with van der Waals surface area (Å²) in [6, 6.07) is 8.23. The maximum atomic E-state index is 12.8. The molecule has 1 aromatic rings. The summed E-state index contributed by atoms with van der Waals surface area (Å²) in [6.07, 6.45) is 4.17. The van der Waals surface area contributed by atoms with Crippen LogP contribution in [0.2, 0.25) is 0 Å². The van der Waals surface area contributed by atoms with Crippen LogP contribution < -0.4 is 4.74 Å². The van der Waals surface area contributed by atoms with Crippen LogP contribution in [-0.2, 0) is 16.1 Å². The summed E-state index contributed by atoms with van der Waals surface area (Å²) in [7, 11) is 1.67. The summed E-state index contributed by atoms with van der Waals surface area (Å²) < 4.78 is 10.9. The Balaban J connectivity index is 2.18. The molecule has 4 nitrogen and oxygen atoms in total. The molecular formula is C18H27NO3. The van der Waals surface area contributed by atoms with Gasteiger partial charge in [-0.2, -0.15) is 0 Å². The lowest BCUT2D eigenvalue weighted by atomic mass is 10.1. The summed E-state index contributed by atoms with van der Waals surface area (Å²) in [4.78, 5) is 14.8. The Morgan fingerprint density at radius 3 is 2.64 bits per heavy atom. The van der Waals surface area contributed by atoms with E-state index in [0.717, 1.165) is 24.2 Å². The van der Waals surface area contributed by atoms with Gasteiger partial charge in [-0.25, -0.2) is 0 Å². The van der Waals surface area contributed by atoms with Gasteiger partial charge in [0.05, 0.1) is 7.11 Å². The zero-order valence-electron chi connectivity index (χ0n) is 13.9. The van der Waals surface area contributed by atoms with Crippen LogP contribution in [0.25, 0.3) is 0 Å². The number of nitrogens with zero attached hydrogens (tertiary/aromatic N) is 1. The molecule has 0 bridgehead atoms. The first kappa shape index (κ1) is 16.8. The maximum absolute atomic E-state index is 12.8. The van der Waals surface area contributed by atoms with Crippen LogP contribution in [-0.4, -0.2) is 36.7 Å². The Labute approximate surface area is 133 Å². The number of benzene rings is 1. The van der Waals surface area contributed by atoms with Gasteiger partial charge in [0.2, 0.25) is 0 Å². The van der Waals surface area contributed by atoms with Gasteiger partial charge in [0.25, 0.3) is 5.91 Å². The third kappa shape index (κ3) is 4.01. The molecule has 0 aliphatic heterocycles. The summed E-state index contributed by atoms with van der Waals surface area (Å²) in [5.74, 6) is 0.919. The minimum atomic E-state index is -0.389. The number of para-hydroxylation sites is 1. The molecule has 1 aromatic carbocycles. The van der Waals surface area contributed by atoms with Crippen molar-refractivity contribution < 1.29 is 14.3 Å². The lowest BCUT2D eigenvalue weighted by Crippen LogP contribution is -2.44. The molecule has 1 aliphatic carbocycles. The van der Waals surface area contributed by atoms with Crippen molar-refractivity contribution in [3.05, 3.63) is 29.8 Å². The van der Waals surface area contributed by atoms with Crippen molar-refractivity contribution in [3.63, 3.8) is 0 Å². The predicted octanol–water partition coefficient (Wildman–Crippen LogP) is 3.39. The van der Waals surface area contributed by atoms with Gasteiger partial charge in [-0.3, -0.25) is 4.79 Å².